The third-order valence-corrected chi connectivity index (χ3v) is 3.90. The number of hydrogen-bond donors (Lipinski definition) is 1. The van der Waals surface area contributed by atoms with Gasteiger partial charge in [0.25, 0.3) is 0 Å². The monoisotopic (exact) mass is 347 g/mol. The molecular weight excluding hydrogens is 314 g/mol. The van der Waals surface area contributed by atoms with Crippen molar-refractivity contribution >= 4 is 11.7 Å². The lowest BCUT2D eigenvalue weighted by molar-refractivity contribution is -0.125. The number of hydrogen-bond acceptors (Lipinski definition) is 3. The molecule has 2 rings (SSSR count). The van der Waals surface area contributed by atoms with Crippen LogP contribution in [0.15, 0.2) is 30.5 Å². The summed E-state index contributed by atoms with van der Waals surface area (Å²) in [6.07, 6.45) is 2.38. The van der Waals surface area contributed by atoms with Crippen molar-refractivity contribution in [1.82, 2.24) is 5.32 Å². The van der Waals surface area contributed by atoms with Crippen molar-refractivity contribution in [3.63, 3.8) is 0 Å². The van der Waals surface area contributed by atoms with Crippen molar-refractivity contribution in [2.24, 2.45) is 5.92 Å². The molecule has 0 radical (unpaired) electrons. The molecule has 1 fully saturated rings. The minimum absolute atomic E-state index is 0.00147. The third-order valence-electron chi connectivity index (χ3n) is 3.90. The van der Waals surface area contributed by atoms with Gasteiger partial charge in [-0.3, -0.25) is 9.59 Å². The second kappa shape index (κ2) is 12.3. The summed E-state index contributed by atoms with van der Waals surface area (Å²) in [5.41, 5.74) is 2.30. The van der Waals surface area contributed by atoms with E-state index in [1.165, 1.54) is 0 Å². The Bertz CT molecular complexity index is 579. The van der Waals surface area contributed by atoms with E-state index in [1.54, 1.807) is 7.11 Å². The van der Waals surface area contributed by atoms with Crippen LogP contribution in [0.1, 0.15) is 69.8 Å². The first-order valence-corrected chi connectivity index (χ1v) is 9.24. The summed E-state index contributed by atoms with van der Waals surface area (Å²) >= 11 is 0. The summed E-state index contributed by atoms with van der Waals surface area (Å²) in [7, 11) is 1.60. The molecule has 0 bridgehead atoms. The molecule has 4 nitrogen and oxygen atoms in total. The van der Waals surface area contributed by atoms with Gasteiger partial charge >= 0.3 is 0 Å². The number of ether oxygens (including phenoxy) is 1. The zero-order valence-corrected chi connectivity index (χ0v) is 16.6. The van der Waals surface area contributed by atoms with E-state index in [0.717, 1.165) is 29.9 Å². The van der Waals surface area contributed by atoms with Gasteiger partial charge in [0.05, 0.1) is 7.11 Å². The van der Waals surface area contributed by atoms with Gasteiger partial charge < -0.3 is 10.1 Å². The van der Waals surface area contributed by atoms with Crippen LogP contribution in [0.4, 0.5) is 0 Å². The Morgan fingerprint density at radius 3 is 2.44 bits per heavy atom. The molecule has 25 heavy (non-hydrogen) atoms. The second-order valence-electron chi connectivity index (χ2n) is 5.30. The molecular formula is C21H33NO3. The van der Waals surface area contributed by atoms with Crippen LogP contribution in [-0.4, -0.2) is 18.8 Å². The summed E-state index contributed by atoms with van der Waals surface area (Å²) in [4.78, 5) is 24.4. The maximum Gasteiger partial charge on any atom is 0.227 e. The first-order chi connectivity index (χ1) is 12.1. The van der Waals surface area contributed by atoms with Gasteiger partial charge in [-0.05, 0) is 25.3 Å². The number of methoxy groups -OCH3 is 1. The molecule has 1 aliphatic heterocycles. The largest absolute Gasteiger partial charge is 0.496 e. The van der Waals surface area contributed by atoms with Gasteiger partial charge in [0.1, 0.15) is 5.75 Å². The van der Waals surface area contributed by atoms with E-state index in [0.29, 0.717) is 12.0 Å². The Balaban J connectivity index is 0.00000134. The number of amides is 1. The standard InChI is InChI=1S/C17H21NO3.2C2H6/c1-4-13-14(6-5-7-16(13)21-3)15(19)10-12-9-8-11(2)18-17(12)20;2*1-2/h5-7,12H,2,4,8-10H2,1,3H3,(H,18,20);2*1-2H3. The first-order valence-electron chi connectivity index (χ1n) is 9.24. The van der Waals surface area contributed by atoms with Crippen molar-refractivity contribution < 1.29 is 14.3 Å². The topological polar surface area (TPSA) is 55.4 Å². The van der Waals surface area contributed by atoms with Gasteiger partial charge in [-0.2, -0.15) is 0 Å². The molecule has 0 aliphatic carbocycles. The molecule has 0 aromatic heterocycles. The fourth-order valence-electron chi connectivity index (χ4n) is 2.73. The van der Waals surface area contributed by atoms with Crippen LogP contribution >= 0.6 is 0 Å². The molecule has 1 aromatic carbocycles. The van der Waals surface area contributed by atoms with Crippen LogP contribution in [0.25, 0.3) is 0 Å². The number of nitrogens with one attached hydrogen (secondary N) is 1. The fourth-order valence-corrected chi connectivity index (χ4v) is 2.73. The van der Waals surface area contributed by atoms with Crippen molar-refractivity contribution in [1.29, 1.82) is 0 Å². The lowest BCUT2D eigenvalue weighted by Gasteiger charge is -2.23. The molecule has 1 aromatic rings. The van der Waals surface area contributed by atoms with E-state index in [-0.39, 0.29) is 24.0 Å². The van der Waals surface area contributed by atoms with Gasteiger partial charge in [-0.25, -0.2) is 0 Å². The summed E-state index contributed by atoms with van der Waals surface area (Å²) < 4.78 is 5.31. The fraction of sp³-hybridized carbons (Fsp3) is 0.524. The molecule has 1 aliphatic rings. The van der Waals surface area contributed by atoms with Gasteiger partial charge in [0.15, 0.2) is 5.78 Å². The summed E-state index contributed by atoms with van der Waals surface area (Å²) in [5.74, 6) is 0.364. The molecule has 0 saturated carbocycles. The van der Waals surface area contributed by atoms with Crippen LogP contribution in [-0.2, 0) is 11.2 Å². The maximum atomic E-state index is 12.5. The number of ketones is 1. The number of Topliss-reactive ketones (excluding diaryl/α,β-unsaturated/α-hetero) is 1. The minimum atomic E-state index is -0.265. The van der Waals surface area contributed by atoms with E-state index >= 15 is 0 Å². The quantitative estimate of drug-likeness (QED) is 0.769. The van der Waals surface area contributed by atoms with Gasteiger partial charge in [0, 0.05) is 29.2 Å². The highest BCUT2D eigenvalue weighted by Crippen LogP contribution is 2.27. The van der Waals surface area contributed by atoms with E-state index in [2.05, 4.69) is 11.9 Å². The average Bonchev–Trinajstić information content (AvgIpc) is 2.66. The predicted octanol–water partition coefficient (Wildman–Crippen LogP) is 4.92. The Morgan fingerprint density at radius 1 is 1.28 bits per heavy atom. The third kappa shape index (κ3) is 6.37. The van der Waals surface area contributed by atoms with E-state index in [9.17, 15) is 9.59 Å². The smallest absolute Gasteiger partial charge is 0.227 e. The molecule has 1 saturated heterocycles. The van der Waals surface area contributed by atoms with Crippen LogP contribution in [0.5, 0.6) is 5.75 Å². The number of carbonyl (C=O) groups excluding carboxylic acids is 2. The first kappa shape index (κ1) is 22.9. The molecule has 1 heterocycles. The number of carbonyl (C=O) groups is 2. The molecule has 1 amide bonds. The summed E-state index contributed by atoms with van der Waals surface area (Å²) in [6.45, 7) is 13.7. The van der Waals surface area contributed by atoms with Crippen molar-refractivity contribution in [2.75, 3.05) is 7.11 Å². The van der Waals surface area contributed by atoms with Gasteiger partial charge in [-0.15, -0.1) is 0 Å². The predicted molar refractivity (Wildman–Crippen MR) is 104 cm³/mol. The van der Waals surface area contributed by atoms with E-state index < -0.39 is 0 Å². The molecule has 1 atom stereocenters. The summed E-state index contributed by atoms with van der Waals surface area (Å²) in [5, 5.41) is 2.73. The molecule has 4 heteroatoms. The summed E-state index contributed by atoms with van der Waals surface area (Å²) in [6, 6.07) is 5.48. The van der Waals surface area contributed by atoms with Crippen LogP contribution < -0.4 is 10.1 Å². The highest BCUT2D eigenvalue weighted by atomic mass is 16.5. The van der Waals surface area contributed by atoms with Crippen LogP contribution in [0, 0.1) is 5.92 Å². The maximum absolute atomic E-state index is 12.5. The van der Waals surface area contributed by atoms with Crippen LogP contribution in [0.3, 0.4) is 0 Å². The second-order valence-corrected chi connectivity index (χ2v) is 5.30. The van der Waals surface area contributed by atoms with Crippen LogP contribution in [0.2, 0.25) is 0 Å². The zero-order valence-electron chi connectivity index (χ0n) is 16.6. The van der Waals surface area contributed by atoms with Crippen molar-refractivity contribution in [2.45, 2.75) is 60.3 Å². The van der Waals surface area contributed by atoms with Gasteiger partial charge in [0.2, 0.25) is 5.91 Å². The number of piperidine rings is 1. The zero-order chi connectivity index (χ0) is 19.4. The Hall–Kier alpha value is -2.10. The Morgan fingerprint density at radius 2 is 1.92 bits per heavy atom. The average molecular weight is 347 g/mol. The molecule has 1 N–H and O–H groups in total. The number of rotatable bonds is 5. The van der Waals surface area contributed by atoms with E-state index in [4.69, 9.17) is 4.74 Å². The van der Waals surface area contributed by atoms with Gasteiger partial charge in [-0.1, -0.05) is 53.3 Å². The molecule has 140 valence electrons. The lowest BCUT2D eigenvalue weighted by Crippen LogP contribution is -2.35. The molecule has 0 spiro atoms. The molecule has 1 unspecified atom stereocenters. The normalized spacial score (nSPS) is 15.8. The van der Waals surface area contributed by atoms with Crippen molar-refractivity contribution in [3.8, 4) is 5.75 Å². The lowest BCUT2D eigenvalue weighted by atomic mass is 9.88. The number of allylic oxidation sites excluding steroid dienone is 1. The highest BCUT2D eigenvalue weighted by Gasteiger charge is 2.27. The minimum Gasteiger partial charge on any atom is -0.496 e. The Labute approximate surface area is 152 Å². The van der Waals surface area contributed by atoms with Crippen molar-refractivity contribution in [3.05, 3.63) is 41.6 Å². The van der Waals surface area contributed by atoms with E-state index in [1.807, 2.05) is 52.8 Å². The Kier molecular flexibility index (Phi) is 11.3. The SMILES string of the molecule is C=C1CCC(CC(=O)c2cccc(OC)c2CC)C(=O)N1.CC.CC. The highest BCUT2D eigenvalue weighted by molar-refractivity contribution is 6.00. The number of benzene rings is 1.